The Morgan fingerprint density at radius 2 is 2.38 bits per heavy atom. The molecule has 2 atom stereocenters. The second-order valence-corrected chi connectivity index (χ2v) is 3.79. The molecular formula is C9H17NO3. The Balaban J connectivity index is 2.31. The minimum atomic E-state index is -0.764. The van der Waals surface area contributed by atoms with Crippen molar-refractivity contribution in [3.63, 3.8) is 0 Å². The van der Waals surface area contributed by atoms with E-state index in [2.05, 4.69) is 0 Å². The predicted octanol–water partition coefficient (Wildman–Crippen LogP) is 0.164. The van der Waals surface area contributed by atoms with Gasteiger partial charge >= 0.3 is 5.97 Å². The van der Waals surface area contributed by atoms with Crippen molar-refractivity contribution in [2.24, 2.45) is 5.92 Å². The molecule has 0 aromatic heterocycles. The number of piperidine rings is 1. The van der Waals surface area contributed by atoms with Gasteiger partial charge in [0.15, 0.2) is 0 Å². The fraction of sp³-hybridized carbons (Fsp3) is 0.889. The van der Waals surface area contributed by atoms with Crippen molar-refractivity contribution in [3.8, 4) is 0 Å². The van der Waals surface area contributed by atoms with Crippen molar-refractivity contribution < 1.29 is 15.0 Å². The minimum Gasteiger partial charge on any atom is -0.481 e. The second-order valence-electron chi connectivity index (χ2n) is 3.79. The Hall–Kier alpha value is -0.610. The van der Waals surface area contributed by atoms with Gasteiger partial charge in [0.1, 0.15) is 0 Å². The van der Waals surface area contributed by atoms with Crippen molar-refractivity contribution in [2.45, 2.75) is 25.9 Å². The molecule has 0 saturated carbocycles. The number of aliphatic hydroxyl groups excluding tert-OH is 1. The van der Waals surface area contributed by atoms with Gasteiger partial charge in [-0.1, -0.05) is 6.92 Å². The van der Waals surface area contributed by atoms with Crippen LogP contribution in [0.25, 0.3) is 0 Å². The van der Waals surface area contributed by atoms with Gasteiger partial charge in [0, 0.05) is 13.1 Å². The molecule has 0 radical (unpaired) electrons. The van der Waals surface area contributed by atoms with E-state index in [0.29, 0.717) is 13.1 Å². The number of carbonyl (C=O) groups is 1. The largest absolute Gasteiger partial charge is 0.481 e. The van der Waals surface area contributed by atoms with Crippen molar-refractivity contribution in [2.75, 3.05) is 19.6 Å². The molecule has 1 saturated heterocycles. The van der Waals surface area contributed by atoms with Gasteiger partial charge in [-0.15, -0.1) is 0 Å². The summed E-state index contributed by atoms with van der Waals surface area (Å²) in [6.45, 7) is 3.78. The van der Waals surface area contributed by atoms with Crippen LogP contribution in [0.3, 0.4) is 0 Å². The highest BCUT2D eigenvalue weighted by Gasteiger charge is 2.21. The van der Waals surface area contributed by atoms with Crippen molar-refractivity contribution >= 4 is 5.97 Å². The molecule has 1 aliphatic heterocycles. The Morgan fingerprint density at radius 3 is 2.92 bits per heavy atom. The molecule has 2 unspecified atom stereocenters. The molecule has 4 heteroatoms. The van der Waals surface area contributed by atoms with Crippen LogP contribution >= 0.6 is 0 Å². The zero-order valence-electron chi connectivity index (χ0n) is 7.94. The summed E-state index contributed by atoms with van der Waals surface area (Å²) in [6, 6.07) is 0. The first-order valence-electron chi connectivity index (χ1n) is 4.73. The third kappa shape index (κ3) is 3.32. The lowest BCUT2D eigenvalue weighted by Crippen LogP contribution is -2.41. The highest BCUT2D eigenvalue weighted by Crippen LogP contribution is 2.11. The van der Waals surface area contributed by atoms with Gasteiger partial charge in [-0.05, 0) is 19.4 Å². The third-order valence-electron chi connectivity index (χ3n) is 2.43. The van der Waals surface area contributed by atoms with E-state index in [9.17, 15) is 9.90 Å². The van der Waals surface area contributed by atoms with E-state index in [1.807, 2.05) is 4.90 Å². The van der Waals surface area contributed by atoms with E-state index in [4.69, 9.17) is 5.11 Å². The highest BCUT2D eigenvalue weighted by atomic mass is 16.4. The molecule has 0 amide bonds. The first-order chi connectivity index (χ1) is 6.09. The fourth-order valence-corrected chi connectivity index (χ4v) is 1.66. The maximum Gasteiger partial charge on any atom is 0.307 e. The summed E-state index contributed by atoms with van der Waals surface area (Å²) in [4.78, 5) is 12.6. The fourth-order valence-electron chi connectivity index (χ4n) is 1.66. The maximum absolute atomic E-state index is 10.6. The SMILES string of the molecule is CC(CN1CCCC(O)C1)C(=O)O. The molecule has 4 nitrogen and oxygen atoms in total. The van der Waals surface area contributed by atoms with E-state index >= 15 is 0 Å². The number of likely N-dealkylation sites (tertiary alicyclic amines) is 1. The van der Waals surface area contributed by atoms with Crippen molar-refractivity contribution in [1.82, 2.24) is 4.90 Å². The first kappa shape index (κ1) is 10.5. The summed E-state index contributed by atoms with van der Waals surface area (Å²) >= 11 is 0. The monoisotopic (exact) mass is 187 g/mol. The van der Waals surface area contributed by atoms with Crippen LogP contribution in [0.2, 0.25) is 0 Å². The van der Waals surface area contributed by atoms with E-state index in [-0.39, 0.29) is 12.0 Å². The summed E-state index contributed by atoms with van der Waals surface area (Å²) in [5.74, 6) is -1.11. The zero-order valence-corrected chi connectivity index (χ0v) is 7.94. The molecule has 2 N–H and O–H groups in total. The lowest BCUT2D eigenvalue weighted by Gasteiger charge is -2.30. The van der Waals surface area contributed by atoms with Crippen LogP contribution in [0.1, 0.15) is 19.8 Å². The van der Waals surface area contributed by atoms with E-state index in [0.717, 1.165) is 19.4 Å². The summed E-state index contributed by atoms with van der Waals surface area (Å²) in [5, 5.41) is 18.0. The summed E-state index contributed by atoms with van der Waals surface area (Å²) < 4.78 is 0. The van der Waals surface area contributed by atoms with Crippen molar-refractivity contribution in [1.29, 1.82) is 0 Å². The average molecular weight is 187 g/mol. The van der Waals surface area contributed by atoms with Crippen LogP contribution in [0.15, 0.2) is 0 Å². The number of aliphatic carboxylic acids is 1. The summed E-state index contributed by atoms with van der Waals surface area (Å²) in [5.41, 5.74) is 0. The minimum absolute atomic E-state index is 0.269. The Kier molecular flexibility index (Phi) is 3.69. The quantitative estimate of drug-likeness (QED) is 0.661. The average Bonchev–Trinajstić information content (AvgIpc) is 2.04. The lowest BCUT2D eigenvalue weighted by molar-refractivity contribution is -0.142. The van der Waals surface area contributed by atoms with Gasteiger partial charge in [0.05, 0.1) is 12.0 Å². The number of hydrogen-bond donors (Lipinski definition) is 2. The number of carboxylic acids is 1. The Bertz CT molecular complexity index is 184. The Morgan fingerprint density at radius 1 is 1.69 bits per heavy atom. The predicted molar refractivity (Wildman–Crippen MR) is 48.5 cm³/mol. The second kappa shape index (κ2) is 4.58. The molecule has 76 valence electrons. The molecule has 13 heavy (non-hydrogen) atoms. The van der Waals surface area contributed by atoms with Crippen molar-refractivity contribution in [3.05, 3.63) is 0 Å². The molecule has 0 aromatic rings. The highest BCUT2D eigenvalue weighted by molar-refractivity contribution is 5.69. The molecule has 1 heterocycles. The number of hydrogen-bond acceptors (Lipinski definition) is 3. The Labute approximate surface area is 78.2 Å². The third-order valence-corrected chi connectivity index (χ3v) is 2.43. The van der Waals surface area contributed by atoms with Gasteiger partial charge in [-0.25, -0.2) is 0 Å². The lowest BCUT2D eigenvalue weighted by atomic mass is 10.1. The maximum atomic E-state index is 10.6. The number of carboxylic acid groups (broad SMARTS) is 1. The van der Waals surface area contributed by atoms with Gasteiger partial charge in [0.2, 0.25) is 0 Å². The topological polar surface area (TPSA) is 60.8 Å². The van der Waals surface area contributed by atoms with Crippen LogP contribution in [0.4, 0.5) is 0 Å². The van der Waals surface area contributed by atoms with Crippen LogP contribution in [-0.2, 0) is 4.79 Å². The van der Waals surface area contributed by atoms with Crippen LogP contribution < -0.4 is 0 Å². The van der Waals surface area contributed by atoms with E-state index in [1.54, 1.807) is 6.92 Å². The van der Waals surface area contributed by atoms with E-state index < -0.39 is 5.97 Å². The van der Waals surface area contributed by atoms with Crippen LogP contribution in [-0.4, -0.2) is 46.8 Å². The smallest absolute Gasteiger partial charge is 0.307 e. The van der Waals surface area contributed by atoms with Gasteiger partial charge in [0.25, 0.3) is 0 Å². The first-order valence-corrected chi connectivity index (χ1v) is 4.73. The number of aliphatic hydroxyl groups is 1. The van der Waals surface area contributed by atoms with Gasteiger partial charge in [-0.2, -0.15) is 0 Å². The molecule has 1 aliphatic rings. The molecule has 0 aliphatic carbocycles. The summed E-state index contributed by atoms with van der Waals surface area (Å²) in [7, 11) is 0. The zero-order chi connectivity index (χ0) is 9.84. The number of nitrogens with zero attached hydrogens (tertiary/aromatic N) is 1. The normalized spacial score (nSPS) is 27.1. The van der Waals surface area contributed by atoms with Gasteiger partial charge in [-0.3, -0.25) is 9.69 Å². The molecule has 1 fully saturated rings. The van der Waals surface area contributed by atoms with Crippen LogP contribution in [0, 0.1) is 5.92 Å². The van der Waals surface area contributed by atoms with E-state index in [1.165, 1.54) is 0 Å². The number of β-amino-alcohol motifs (C(OH)–C–C–N with tert-alkyl or cyclic N) is 1. The molecular weight excluding hydrogens is 170 g/mol. The standard InChI is InChI=1S/C9H17NO3/c1-7(9(12)13)5-10-4-2-3-8(11)6-10/h7-8,11H,2-6H2,1H3,(H,12,13). The summed E-state index contributed by atoms with van der Waals surface area (Å²) in [6.07, 6.45) is 1.54. The molecule has 0 aromatic carbocycles. The van der Waals surface area contributed by atoms with Crippen LogP contribution in [0.5, 0.6) is 0 Å². The number of rotatable bonds is 3. The molecule has 0 spiro atoms. The molecule has 1 rings (SSSR count). The van der Waals surface area contributed by atoms with Gasteiger partial charge < -0.3 is 10.2 Å². The molecule has 0 bridgehead atoms.